The number of benzene rings is 1. The maximum absolute atomic E-state index is 11.2. The molecule has 2 atom stereocenters. The molecule has 0 fully saturated rings. The average molecular weight is 337 g/mol. The summed E-state index contributed by atoms with van der Waals surface area (Å²) in [6.45, 7) is 7.44. The van der Waals surface area contributed by atoms with E-state index in [4.69, 9.17) is 15.2 Å². The lowest BCUT2D eigenvalue weighted by atomic mass is 9.88. The number of nitrogens with two attached hydrogens (primary N) is 1. The molecule has 0 bridgehead atoms. The van der Waals surface area contributed by atoms with Crippen LogP contribution in [0, 0.1) is 11.8 Å². The molecule has 2 unspecified atom stereocenters. The van der Waals surface area contributed by atoms with E-state index < -0.39 is 11.9 Å². The molecule has 5 heteroatoms. The number of ether oxygens (including phenoxy) is 2. The van der Waals surface area contributed by atoms with E-state index in [1.165, 1.54) is 0 Å². The van der Waals surface area contributed by atoms with Crippen LogP contribution in [0.1, 0.15) is 45.6 Å². The minimum Gasteiger partial charge on any atom is -0.494 e. The van der Waals surface area contributed by atoms with Crippen LogP contribution in [0.25, 0.3) is 0 Å². The lowest BCUT2D eigenvalue weighted by molar-refractivity contribution is -0.142. The van der Waals surface area contributed by atoms with Gasteiger partial charge in [0.05, 0.1) is 19.1 Å². The number of rotatable bonds is 12. The Kier molecular flexibility index (Phi) is 9.23. The van der Waals surface area contributed by atoms with Gasteiger partial charge in [0.2, 0.25) is 0 Å². The Morgan fingerprint density at radius 2 is 1.71 bits per heavy atom. The quantitative estimate of drug-likeness (QED) is 0.610. The van der Waals surface area contributed by atoms with Crippen LogP contribution in [0.2, 0.25) is 0 Å². The summed E-state index contributed by atoms with van der Waals surface area (Å²) in [5.41, 5.74) is 6.73. The Bertz CT molecular complexity index is 480. The van der Waals surface area contributed by atoms with E-state index in [-0.39, 0.29) is 6.54 Å². The second-order valence-corrected chi connectivity index (χ2v) is 6.00. The average Bonchev–Trinajstić information content (AvgIpc) is 2.55. The SMILES string of the molecule is CCOc1cc(CCC(CC)CC(CN)C(=O)O)cc(OCC)c1. The minimum atomic E-state index is -0.798. The van der Waals surface area contributed by atoms with Crippen molar-refractivity contribution in [1.82, 2.24) is 0 Å². The van der Waals surface area contributed by atoms with E-state index in [9.17, 15) is 9.90 Å². The van der Waals surface area contributed by atoms with Gasteiger partial charge in [-0.25, -0.2) is 0 Å². The highest BCUT2D eigenvalue weighted by atomic mass is 16.5. The van der Waals surface area contributed by atoms with Gasteiger partial charge >= 0.3 is 5.97 Å². The Morgan fingerprint density at radius 1 is 1.12 bits per heavy atom. The molecule has 0 saturated heterocycles. The largest absolute Gasteiger partial charge is 0.494 e. The van der Waals surface area contributed by atoms with Crippen molar-refractivity contribution in [2.24, 2.45) is 17.6 Å². The van der Waals surface area contributed by atoms with Crippen molar-refractivity contribution < 1.29 is 19.4 Å². The van der Waals surface area contributed by atoms with Crippen LogP contribution in [0.4, 0.5) is 0 Å². The summed E-state index contributed by atoms with van der Waals surface area (Å²) in [6.07, 6.45) is 3.39. The molecule has 0 aliphatic rings. The Balaban J connectivity index is 2.73. The molecule has 0 saturated carbocycles. The van der Waals surface area contributed by atoms with Crippen LogP contribution in [0.15, 0.2) is 18.2 Å². The maximum Gasteiger partial charge on any atom is 0.307 e. The van der Waals surface area contributed by atoms with Gasteiger partial charge in [-0.15, -0.1) is 0 Å². The fraction of sp³-hybridized carbons (Fsp3) is 0.632. The molecule has 0 amide bonds. The van der Waals surface area contributed by atoms with Crippen molar-refractivity contribution in [2.45, 2.75) is 46.5 Å². The molecule has 24 heavy (non-hydrogen) atoms. The van der Waals surface area contributed by atoms with Crippen LogP contribution in [0.3, 0.4) is 0 Å². The van der Waals surface area contributed by atoms with Crippen LogP contribution in [-0.2, 0) is 11.2 Å². The Morgan fingerprint density at radius 3 is 2.12 bits per heavy atom. The molecule has 1 rings (SSSR count). The highest BCUT2D eigenvalue weighted by molar-refractivity contribution is 5.70. The summed E-state index contributed by atoms with van der Waals surface area (Å²) in [5.74, 6) is 0.728. The third-order valence-electron chi connectivity index (χ3n) is 4.23. The second-order valence-electron chi connectivity index (χ2n) is 6.00. The van der Waals surface area contributed by atoms with Crippen molar-refractivity contribution >= 4 is 5.97 Å². The van der Waals surface area contributed by atoms with Crippen LogP contribution < -0.4 is 15.2 Å². The zero-order chi connectivity index (χ0) is 17.9. The molecule has 1 aromatic carbocycles. The molecule has 136 valence electrons. The fourth-order valence-corrected chi connectivity index (χ4v) is 2.83. The van der Waals surface area contributed by atoms with E-state index in [1.54, 1.807) is 0 Å². The lowest BCUT2D eigenvalue weighted by Crippen LogP contribution is -2.26. The number of carbonyl (C=O) groups is 1. The highest BCUT2D eigenvalue weighted by Gasteiger charge is 2.20. The van der Waals surface area contributed by atoms with Crippen molar-refractivity contribution in [3.8, 4) is 11.5 Å². The summed E-state index contributed by atoms with van der Waals surface area (Å²) in [5, 5.41) is 9.18. The Hall–Kier alpha value is -1.75. The number of hydrogen-bond donors (Lipinski definition) is 2. The van der Waals surface area contributed by atoms with Gasteiger partial charge < -0.3 is 20.3 Å². The van der Waals surface area contributed by atoms with Gasteiger partial charge in [0.1, 0.15) is 11.5 Å². The molecule has 0 aliphatic heterocycles. The molecule has 0 spiro atoms. The topological polar surface area (TPSA) is 81.8 Å². The zero-order valence-electron chi connectivity index (χ0n) is 15.1. The van der Waals surface area contributed by atoms with Crippen LogP contribution in [-0.4, -0.2) is 30.8 Å². The van der Waals surface area contributed by atoms with Crippen LogP contribution in [0.5, 0.6) is 11.5 Å². The van der Waals surface area contributed by atoms with Gasteiger partial charge in [-0.2, -0.15) is 0 Å². The van der Waals surface area contributed by atoms with Gasteiger partial charge in [0.25, 0.3) is 0 Å². The molecule has 1 aromatic rings. The molecular formula is C19H31NO4. The third-order valence-corrected chi connectivity index (χ3v) is 4.23. The van der Waals surface area contributed by atoms with Crippen molar-refractivity contribution in [1.29, 1.82) is 0 Å². The molecule has 0 heterocycles. The monoisotopic (exact) mass is 337 g/mol. The van der Waals surface area contributed by atoms with E-state index in [0.717, 1.165) is 36.3 Å². The smallest absolute Gasteiger partial charge is 0.307 e. The van der Waals surface area contributed by atoms with E-state index in [0.29, 0.717) is 25.6 Å². The Labute approximate surface area is 145 Å². The standard InChI is InChI=1S/C19H31NO4/c1-4-14(9-16(13-20)19(21)22)7-8-15-10-17(23-5-2)12-18(11-15)24-6-3/h10-12,14,16H,4-9,13,20H2,1-3H3,(H,21,22). The maximum atomic E-state index is 11.2. The fourth-order valence-electron chi connectivity index (χ4n) is 2.83. The van der Waals surface area contributed by atoms with E-state index in [2.05, 4.69) is 6.92 Å². The minimum absolute atomic E-state index is 0.195. The second kappa shape index (κ2) is 10.9. The lowest BCUT2D eigenvalue weighted by Gasteiger charge is -2.19. The first-order chi connectivity index (χ1) is 11.5. The first-order valence-corrected chi connectivity index (χ1v) is 8.86. The molecule has 3 N–H and O–H groups in total. The van der Waals surface area contributed by atoms with E-state index >= 15 is 0 Å². The van der Waals surface area contributed by atoms with Gasteiger partial charge in [-0.05, 0) is 56.7 Å². The predicted molar refractivity (Wildman–Crippen MR) is 95.7 cm³/mol. The van der Waals surface area contributed by atoms with Gasteiger partial charge in [-0.3, -0.25) is 4.79 Å². The third kappa shape index (κ3) is 6.79. The predicted octanol–water partition coefficient (Wildman–Crippen LogP) is 3.49. The molecular weight excluding hydrogens is 306 g/mol. The number of hydrogen-bond acceptors (Lipinski definition) is 4. The van der Waals surface area contributed by atoms with Gasteiger partial charge in [0, 0.05) is 12.6 Å². The zero-order valence-corrected chi connectivity index (χ0v) is 15.1. The molecule has 0 aliphatic carbocycles. The number of aliphatic carboxylic acids is 1. The summed E-state index contributed by atoms with van der Waals surface area (Å²) in [4.78, 5) is 11.2. The van der Waals surface area contributed by atoms with Gasteiger partial charge in [0.15, 0.2) is 0 Å². The van der Waals surface area contributed by atoms with E-state index in [1.807, 2.05) is 32.0 Å². The molecule has 5 nitrogen and oxygen atoms in total. The summed E-state index contributed by atoms with van der Waals surface area (Å²) < 4.78 is 11.2. The first kappa shape index (κ1) is 20.3. The van der Waals surface area contributed by atoms with Crippen molar-refractivity contribution in [3.63, 3.8) is 0 Å². The molecule has 0 aromatic heterocycles. The van der Waals surface area contributed by atoms with Crippen LogP contribution >= 0.6 is 0 Å². The molecule has 0 radical (unpaired) electrons. The number of carboxylic acid groups (broad SMARTS) is 1. The normalized spacial score (nSPS) is 13.3. The van der Waals surface area contributed by atoms with Crippen molar-refractivity contribution in [2.75, 3.05) is 19.8 Å². The summed E-state index contributed by atoms with van der Waals surface area (Å²) in [7, 11) is 0. The number of aryl methyl sites for hydroxylation is 1. The highest BCUT2D eigenvalue weighted by Crippen LogP contribution is 2.27. The number of carboxylic acids is 1. The van der Waals surface area contributed by atoms with Crippen molar-refractivity contribution in [3.05, 3.63) is 23.8 Å². The summed E-state index contributed by atoms with van der Waals surface area (Å²) >= 11 is 0. The first-order valence-electron chi connectivity index (χ1n) is 8.86. The van der Waals surface area contributed by atoms with Gasteiger partial charge in [-0.1, -0.05) is 13.3 Å². The summed E-state index contributed by atoms with van der Waals surface area (Å²) in [6, 6.07) is 5.98.